The standard InChI is InChI=1S/C11H10F3N3S/c1-6(15)8-5-17-10(18-8)7-2-3-16-9(4-7)11(12,13)14/h2-6H,15H2,1H3. The first-order valence-corrected chi connectivity index (χ1v) is 5.94. The molecule has 0 saturated heterocycles. The van der Waals surface area contributed by atoms with Crippen molar-refractivity contribution >= 4 is 11.3 Å². The molecule has 0 aromatic carbocycles. The summed E-state index contributed by atoms with van der Waals surface area (Å²) in [7, 11) is 0. The van der Waals surface area contributed by atoms with Crippen LogP contribution in [0.4, 0.5) is 13.2 Å². The maximum atomic E-state index is 12.5. The Labute approximate surface area is 105 Å². The molecule has 1 unspecified atom stereocenters. The van der Waals surface area contributed by atoms with E-state index in [1.807, 2.05) is 0 Å². The van der Waals surface area contributed by atoms with Crippen molar-refractivity contribution in [1.29, 1.82) is 0 Å². The summed E-state index contributed by atoms with van der Waals surface area (Å²) in [4.78, 5) is 8.21. The molecule has 2 heterocycles. The summed E-state index contributed by atoms with van der Waals surface area (Å²) in [5.74, 6) is 0. The highest BCUT2D eigenvalue weighted by molar-refractivity contribution is 7.15. The average molecular weight is 273 g/mol. The van der Waals surface area contributed by atoms with Gasteiger partial charge in [0.1, 0.15) is 10.7 Å². The van der Waals surface area contributed by atoms with Gasteiger partial charge in [-0.25, -0.2) is 4.98 Å². The molecule has 1 atom stereocenters. The molecule has 2 rings (SSSR count). The van der Waals surface area contributed by atoms with Crippen molar-refractivity contribution in [3.63, 3.8) is 0 Å². The predicted molar refractivity (Wildman–Crippen MR) is 62.9 cm³/mol. The molecule has 18 heavy (non-hydrogen) atoms. The number of rotatable bonds is 2. The third kappa shape index (κ3) is 2.68. The second-order valence-corrected chi connectivity index (χ2v) is 4.85. The van der Waals surface area contributed by atoms with Crippen molar-refractivity contribution < 1.29 is 13.2 Å². The molecule has 2 aromatic heterocycles. The first kappa shape index (κ1) is 13.0. The third-order valence-electron chi connectivity index (χ3n) is 2.27. The fourth-order valence-corrected chi connectivity index (χ4v) is 2.21. The zero-order chi connectivity index (χ0) is 13.3. The van der Waals surface area contributed by atoms with Gasteiger partial charge < -0.3 is 5.73 Å². The van der Waals surface area contributed by atoms with Crippen LogP contribution in [-0.2, 0) is 6.18 Å². The highest BCUT2D eigenvalue weighted by atomic mass is 32.1. The van der Waals surface area contributed by atoms with Crippen molar-refractivity contribution in [2.24, 2.45) is 5.73 Å². The number of halogens is 3. The molecule has 0 saturated carbocycles. The van der Waals surface area contributed by atoms with E-state index in [4.69, 9.17) is 5.73 Å². The summed E-state index contributed by atoms with van der Waals surface area (Å²) >= 11 is 1.28. The number of thiazole rings is 1. The molecule has 0 aliphatic heterocycles. The van der Waals surface area contributed by atoms with Gasteiger partial charge in [0.25, 0.3) is 0 Å². The highest BCUT2D eigenvalue weighted by Gasteiger charge is 2.32. The summed E-state index contributed by atoms with van der Waals surface area (Å²) in [6.07, 6.45) is -1.74. The normalized spacial score (nSPS) is 13.6. The van der Waals surface area contributed by atoms with Crippen LogP contribution in [0.1, 0.15) is 23.5 Å². The number of nitrogens with two attached hydrogens (primary N) is 1. The molecule has 0 amide bonds. The van der Waals surface area contributed by atoms with E-state index in [2.05, 4.69) is 9.97 Å². The number of hydrogen-bond acceptors (Lipinski definition) is 4. The Morgan fingerprint density at radius 3 is 2.61 bits per heavy atom. The van der Waals surface area contributed by atoms with Crippen molar-refractivity contribution in [2.75, 3.05) is 0 Å². The van der Waals surface area contributed by atoms with E-state index in [-0.39, 0.29) is 6.04 Å². The molecular weight excluding hydrogens is 263 g/mol. The Morgan fingerprint density at radius 1 is 1.33 bits per heavy atom. The monoisotopic (exact) mass is 273 g/mol. The summed E-state index contributed by atoms with van der Waals surface area (Å²) in [6, 6.07) is 2.31. The zero-order valence-corrected chi connectivity index (χ0v) is 10.2. The fraction of sp³-hybridized carbons (Fsp3) is 0.273. The van der Waals surface area contributed by atoms with Crippen LogP contribution in [0.5, 0.6) is 0 Å². The Hall–Kier alpha value is -1.47. The lowest BCUT2D eigenvalue weighted by molar-refractivity contribution is -0.141. The van der Waals surface area contributed by atoms with Crippen LogP contribution < -0.4 is 5.73 Å². The minimum absolute atomic E-state index is 0.180. The topological polar surface area (TPSA) is 51.8 Å². The molecule has 2 aromatic rings. The molecule has 0 aliphatic rings. The van der Waals surface area contributed by atoms with Crippen molar-refractivity contribution in [1.82, 2.24) is 9.97 Å². The van der Waals surface area contributed by atoms with Gasteiger partial charge in [-0.15, -0.1) is 11.3 Å². The van der Waals surface area contributed by atoms with Crippen molar-refractivity contribution in [3.05, 3.63) is 35.1 Å². The Bertz CT molecular complexity index is 548. The summed E-state index contributed by atoms with van der Waals surface area (Å²) in [6.45, 7) is 1.80. The predicted octanol–water partition coefficient (Wildman–Crippen LogP) is 3.24. The largest absolute Gasteiger partial charge is 0.433 e. The lowest BCUT2D eigenvalue weighted by Crippen LogP contribution is -2.07. The van der Waals surface area contributed by atoms with E-state index >= 15 is 0 Å². The molecule has 0 aliphatic carbocycles. The van der Waals surface area contributed by atoms with Crippen molar-refractivity contribution in [2.45, 2.75) is 19.1 Å². The van der Waals surface area contributed by atoms with Gasteiger partial charge in [0, 0.05) is 28.9 Å². The second kappa shape index (κ2) is 4.66. The molecule has 2 N–H and O–H groups in total. The number of hydrogen-bond donors (Lipinski definition) is 1. The number of alkyl halides is 3. The summed E-state index contributed by atoms with van der Waals surface area (Å²) in [5, 5.41) is 0.509. The second-order valence-electron chi connectivity index (χ2n) is 3.78. The van der Waals surface area contributed by atoms with Gasteiger partial charge in [-0.05, 0) is 19.1 Å². The minimum atomic E-state index is -4.45. The van der Waals surface area contributed by atoms with Gasteiger partial charge in [0.2, 0.25) is 0 Å². The molecule has 7 heteroatoms. The molecule has 0 fully saturated rings. The number of aromatic nitrogens is 2. The quantitative estimate of drug-likeness (QED) is 0.913. The van der Waals surface area contributed by atoms with E-state index in [0.29, 0.717) is 10.6 Å². The maximum Gasteiger partial charge on any atom is 0.433 e. The molecule has 0 radical (unpaired) electrons. The molecular formula is C11H10F3N3S. The molecule has 96 valence electrons. The van der Waals surface area contributed by atoms with Gasteiger partial charge in [-0.1, -0.05) is 0 Å². The van der Waals surface area contributed by atoms with Crippen molar-refractivity contribution in [3.8, 4) is 10.6 Å². The lowest BCUT2D eigenvalue weighted by atomic mass is 10.2. The first-order chi connectivity index (χ1) is 8.38. The van der Waals surface area contributed by atoms with Crippen LogP contribution in [0, 0.1) is 0 Å². The van der Waals surface area contributed by atoms with Crippen LogP contribution in [0.25, 0.3) is 10.6 Å². The third-order valence-corrected chi connectivity index (χ3v) is 3.52. The van der Waals surface area contributed by atoms with E-state index in [1.54, 1.807) is 13.1 Å². The highest BCUT2D eigenvalue weighted by Crippen LogP contribution is 2.32. The average Bonchev–Trinajstić information content (AvgIpc) is 2.77. The SMILES string of the molecule is CC(N)c1cnc(-c2ccnc(C(F)(F)F)c2)s1. The van der Waals surface area contributed by atoms with E-state index in [9.17, 15) is 13.2 Å². The molecule has 0 spiro atoms. The Morgan fingerprint density at radius 2 is 2.06 bits per heavy atom. The van der Waals surface area contributed by atoms with E-state index in [0.717, 1.165) is 17.1 Å². The number of nitrogens with zero attached hydrogens (tertiary/aromatic N) is 2. The molecule has 3 nitrogen and oxygen atoms in total. The maximum absolute atomic E-state index is 12.5. The van der Waals surface area contributed by atoms with Crippen LogP contribution in [-0.4, -0.2) is 9.97 Å². The summed E-state index contributed by atoms with van der Waals surface area (Å²) < 4.78 is 37.6. The van der Waals surface area contributed by atoms with Crippen LogP contribution in [0.2, 0.25) is 0 Å². The Balaban J connectivity index is 2.38. The van der Waals surface area contributed by atoms with Crippen LogP contribution in [0.15, 0.2) is 24.5 Å². The lowest BCUT2D eigenvalue weighted by Gasteiger charge is -2.06. The Kier molecular flexibility index (Phi) is 3.36. The fourth-order valence-electron chi connectivity index (χ4n) is 1.35. The zero-order valence-electron chi connectivity index (χ0n) is 9.40. The van der Waals surface area contributed by atoms with Gasteiger partial charge >= 0.3 is 6.18 Å². The molecule has 0 bridgehead atoms. The van der Waals surface area contributed by atoms with Crippen LogP contribution in [0.3, 0.4) is 0 Å². The van der Waals surface area contributed by atoms with Crippen LogP contribution >= 0.6 is 11.3 Å². The van der Waals surface area contributed by atoms with E-state index in [1.165, 1.54) is 17.4 Å². The van der Waals surface area contributed by atoms with E-state index < -0.39 is 11.9 Å². The van der Waals surface area contributed by atoms with Gasteiger partial charge in [0.05, 0.1) is 0 Å². The van der Waals surface area contributed by atoms with Gasteiger partial charge in [0.15, 0.2) is 0 Å². The summed E-state index contributed by atoms with van der Waals surface area (Å²) in [5.41, 5.74) is 5.16. The smallest absolute Gasteiger partial charge is 0.323 e. The van der Waals surface area contributed by atoms with Gasteiger partial charge in [-0.3, -0.25) is 4.98 Å². The minimum Gasteiger partial charge on any atom is -0.323 e. The van der Waals surface area contributed by atoms with Gasteiger partial charge in [-0.2, -0.15) is 13.2 Å². The number of pyridine rings is 1. The first-order valence-electron chi connectivity index (χ1n) is 5.13.